The summed E-state index contributed by atoms with van der Waals surface area (Å²) in [5.74, 6) is -2.10. The third kappa shape index (κ3) is 5.78. The van der Waals surface area contributed by atoms with E-state index in [4.69, 9.17) is 20.8 Å². The third-order valence-electron chi connectivity index (χ3n) is 3.86. The van der Waals surface area contributed by atoms with Crippen LogP contribution in [0.4, 0.5) is 0 Å². The van der Waals surface area contributed by atoms with Crippen molar-refractivity contribution in [3.8, 4) is 5.75 Å². The van der Waals surface area contributed by atoms with Gasteiger partial charge in [-0.05, 0) is 36.4 Å². The zero-order valence-electron chi connectivity index (χ0n) is 15.1. The molecule has 0 aromatic heterocycles. The predicted molar refractivity (Wildman–Crippen MR) is 101 cm³/mol. The highest BCUT2D eigenvalue weighted by Crippen LogP contribution is 2.14. The van der Waals surface area contributed by atoms with Crippen LogP contribution in [0.25, 0.3) is 0 Å². The number of aliphatic carboxylic acids is 1. The van der Waals surface area contributed by atoms with Crippen LogP contribution in [-0.2, 0) is 4.79 Å². The largest absolute Gasteiger partial charge is 0.482 e. The summed E-state index contributed by atoms with van der Waals surface area (Å²) in [4.78, 5) is 35.4. The van der Waals surface area contributed by atoms with Gasteiger partial charge >= 0.3 is 5.97 Å². The molecular weight excluding hydrogens is 382 g/mol. The quantitative estimate of drug-likeness (QED) is 0.130. The van der Waals surface area contributed by atoms with Crippen molar-refractivity contribution in [1.82, 2.24) is 5.32 Å². The number of oxime groups is 1. The van der Waals surface area contributed by atoms with E-state index < -0.39 is 36.9 Å². The van der Waals surface area contributed by atoms with Crippen molar-refractivity contribution in [3.63, 3.8) is 0 Å². The summed E-state index contributed by atoms with van der Waals surface area (Å²) in [6.45, 7) is -1.14. The Labute approximate surface area is 165 Å². The molecular formula is C19H19N3O7. The van der Waals surface area contributed by atoms with Gasteiger partial charge < -0.3 is 31.2 Å². The average molecular weight is 401 g/mol. The SMILES string of the molecule is N/C(=N\O)c1ccc(C(=O)N[C@@H](CO)C(=O)c2ccc(OCC(=O)O)cc2)cc1. The lowest BCUT2D eigenvalue weighted by Gasteiger charge is -2.16. The number of aliphatic hydroxyl groups is 1. The van der Waals surface area contributed by atoms with Gasteiger partial charge in [0.1, 0.15) is 11.8 Å². The van der Waals surface area contributed by atoms with Crippen LogP contribution in [0.3, 0.4) is 0 Å². The number of carboxylic acids is 1. The van der Waals surface area contributed by atoms with E-state index in [0.29, 0.717) is 5.56 Å². The normalized spacial score (nSPS) is 12.1. The van der Waals surface area contributed by atoms with Crippen molar-refractivity contribution >= 4 is 23.5 Å². The summed E-state index contributed by atoms with van der Waals surface area (Å²) < 4.78 is 4.98. The molecule has 0 saturated heterocycles. The van der Waals surface area contributed by atoms with Crippen molar-refractivity contribution in [2.45, 2.75) is 6.04 Å². The number of nitrogens with two attached hydrogens (primary N) is 1. The molecule has 2 rings (SSSR count). The fourth-order valence-corrected chi connectivity index (χ4v) is 2.35. The molecule has 6 N–H and O–H groups in total. The van der Waals surface area contributed by atoms with Crippen molar-refractivity contribution in [3.05, 3.63) is 65.2 Å². The molecule has 0 fully saturated rings. The Morgan fingerprint density at radius 1 is 1.00 bits per heavy atom. The van der Waals surface area contributed by atoms with E-state index in [1.165, 1.54) is 48.5 Å². The van der Waals surface area contributed by atoms with Gasteiger partial charge in [0.2, 0.25) is 0 Å². The second kappa shape index (κ2) is 9.85. The van der Waals surface area contributed by atoms with Crippen molar-refractivity contribution in [2.75, 3.05) is 13.2 Å². The molecule has 0 aliphatic rings. The van der Waals surface area contributed by atoms with Gasteiger partial charge in [-0.1, -0.05) is 17.3 Å². The first-order valence-corrected chi connectivity index (χ1v) is 8.34. The fourth-order valence-electron chi connectivity index (χ4n) is 2.35. The van der Waals surface area contributed by atoms with Crippen LogP contribution in [-0.4, -0.2) is 58.2 Å². The van der Waals surface area contributed by atoms with Crippen molar-refractivity contribution in [1.29, 1.82) is 0 Å². The molecule has 0 spiro atoms. The van der Waals surface area contributed by atoms with Crippen LogP contribution in [0.1, 0.15) is 26.3 Å². The molecule has 10 heteroatoms. The molecule has 0 saturated carbocycles. The van der Waals surface area contributed by atoms with E-state index in [2.05, 4.69) is 10.5 Å². The van der Waals surface area contributed by atoms with Crippen LogP contribution < -0.4 is 15.8 Å². The Hall–Kier alpha value is -3.92. The molecule has 0 heterocycles. The predicted octanol–water partition coefficient (Wildman–Crippen LogP) is 0.218. The molecule has 2 aromatic rings. The lowest BCUT2D eigenvalue weighted by atomic mass is 10.0. The van der Waals surface area contributed by atoms with Crippen molar-refractivity contribution < 1.29 is 34.5 Å². The van der Waals surface area contributed by atoms with Gasteiger partial charge in [0.15, 0.2) is 18.2 Å². The molecule has 0 unspecified atom stereocenters. The van der Waals surface area contributed by atoms with Gasteiger partial charge in [0, 0.05) is 16.7 Å². The van der Waals surface area contributed by atoms with Gasteiger partial charge in [-0.2, -0.15) is 0 Å². The maximum absolute atomic E-state index is 12.5. The number of amidine groups is 1. The minimum Gasteiger partial charge on any atom is -0.482 e. The molecule has 0 aliphatic carbocycles. The summed E-state index contributed by atoms with van der Waals surface area (Å²) in [5.41, 5.74) is 6.28. The highest BCUT2D eigenvalue weighted by atomic mass is 16.5. The minimum atomic E-state index is -1.18. The number of carboxylic acid groups (broad SMARTS) is 1. The molecule has 1 amide bonds. The second-order valence-electron chi connectivity index (χ2n) is 5.84. The summed E-state index contributed by atoms with van der Waals surface area (Å²) >= 11 is 0. The highest BCUT2D eigenvalue weighted by molar-refractivity contribution is 6.05. The van der Waals surface area contributed by atoms with Gasteiger partial charge in [0.25, 0.3) is 5.91 Å². The maximum atomic E-state index is 12.5. The summed E-state index contributed by atoms with van der Waals surface area (Å²) in [7, 11) is 0. The first-order valence-electron chi connectivity index (χ1n) is 8.34. The van der Waals surface area contributed by atoms with E-state index in [0.717, 1.165) is 0 Å². The van der Waals surface area contributed by atoms with E-state index in [9.17, 15) is 19.5 Å². The zero-order chi connectivity index (χ0) is 21.4. The maximum Gasteiger partial charge on any atom is 0.341 e. The number of ether oxygens (including phenoxy) is 1. The number of carbonyl (C=O) groups excluding carboxylic acids is 2. The Bertz CT molecular complexity index is 908. The fraction of sp³-hybridized carbons (Fsp3) is 0.158. The topological polar surface area (TPSA) is 172 Å². The Morgan fingerprint density at radius 3 is 2.07 bits per heavy atom. The van der Waals surface area contributed by atoms with E-state index in [1.54, 1.807) is 0 Å². The van der Waals surface area contributed by atoms with E-state index in [1.807, 2.05) is 0 Å². The number of benzene rings is 2. The van der Waals surface area contributed by atoms with Gasteiger partial charge in [0.05, 0.1) is 6.61 Å². The van der Waals surface area contributed by atoms with Crippen LogP contribution in [0, 0.1) is 0 Å². The summed E-state index contributed by atoms with van der Waals surface area (Å²) in [6.07, 6.45) is 0. The summed E-state index contributed by atoms with van der Waals surface area (Å²) in [6, 6.07) is 10.2. The number of nitrogens with zero attached hydrogens (tertiary/aromatic N) is 1. The number of hydrogen-bond acceptors (Lipinski definition) is 7. The highest BCUT2D eigenvalue weighted by Gasteiger charge is 2.22. The smallest absolute Gasteiger partial charge is 0.341 e. The van der Waals surface area contributed by atoms with E-state index >= 15 is 0 Å². The Balaban J connectivity index is 2.05. The molecule has 0 bridgehead atoms. The minimum absolute atomic E-state index is 0.115. The lowest BCUT2D eigenvalue weighted by Crippen LogP contribution is -2.43. The molecule has 1 atom stereocenters. The van der Waals surface area contributed by atoms with Crippen LogP contribution in [0.2, 0.25) is 0 Å². The number of Topliss-reactive ketones (excluding diaryl/α,β-unsaturated/α-hetero) is 1. The first-order chi connectivity index (χ1) is 13.8. The number of rotatable bonds is 9. The number of hydrogen-bond donors (Lipinski definition) is 5. The number of amides is 1. The van der Waals surface area contributed by atoms with Crippen molar-refractivity contribution in [2.24, 2.45) is 10.9 Å². The first kappa shape index (κ1) is 21.4. The molecule has 152 valence electrons. The Kier molecular flexibility index (Phi) is 7.26. The van der Waals surface area contributed by atoms with Crippen LogP contribution in [0.5, 0.6) is 5.75 Å². The zero-order valence-corrected chi connectivity index (χ0v) is 15.1. The molecule has 0 aliphatic heterocycles. The van der Waals surface area contributed by atoms with Gasteiger partial charge in [-0.25, -0.2) is 4.79 Å². The van der Waals surface area contributed by atoms with Gasteiger partial charge in [-0.3, -0.25) is 9.59 Å². The summed E-state index contributed by atoms with van der Waals surface area (Å²) in [5, 5.41) is 32.0. The molecule has 0 radical (unpaired) electrons. The number of carbonyl (C=O) groups is 3. The van der Waals surface area contributed by atoms with Gasteiger partial charge in [-0.15, -0.1) is 0 Å². The van der Waals surface area contributed by atoms with E-state index in [-0.39, 0.29) is 22.7 Å². The van der Waals surface area contributed by atoms with Crippen LogP contribution in [0.15, 0.2) is 53.7 Å². The number of nitrogens with one attached hydrogen (secondary N) is 1. The number of ketones is 1. The monoisotopic (exact) mass is 401 g/mol. The third-order valence-corrected chi connectivity index (χ3v) is 3.86. The Morgan fingerprint density at radius 2 is 1.55 bits per heavy atom. The number of aliphatic hydroxyl groups excluding tert-OH is 1. The molecule has 2 aromatic carbocycles. The second-order valence-corrected chi connectivity index (χ2v) is 5.84. The average Bonchev–Trinajstić information content (AvgIpc) is 2.75. The standard InChI is InChI=1S/C19H19N3O7/c20-18(22-28)12-1-3-13(4-2-12)19(27)21-15(9-23)17(26)11-5-7-14(8-6-11)29-10-16(24)25/h1-8,15,23,28H,9-10H2,(H2,20,22)(H,21,27)(H,24,25)/t15-/m0/s1. The molecule has 10 nitrogen and oxygen atoms in total. The molecule has 29 heavy (non-hydrogen) atoms. The van der Waals surface area contributed by atoms with Crippen LogP contribution >= 0.6 is 0 Å². The lowest BCUT2D eigenvalue weighted by molar-refractivity contribution is -0.139.